The van der Waals surface area contributed by atoms with Crippen LogP contribution in [0.2, 0.25) is 10.0 Å². The zero-order chi connectivity index (χ0) is 20.8. The molecular weight excluding hydrogens is 432 g/mol. The molecule has 0 aliphatic rings. The van der Waals surface area contributed by atoms with Crippen LogP contribution in [0, 0.1) is 12.7 Å². The predicted molar refractivity (Wildman–Crippen MR) is 114 cm³/mol. The molecule has 3 aromatic carbocycles. The standard InChI is InChI=1S/C22H14Cl2FNO2S/c1-13-5-7-17(11-19(13)24)29(27,28)21-12-26-20-8-6-16(25)10-18(20)22(21)14-3-2-4-15(23)9-14/h2-12H,1H3. The van der Waals surface area contributed by atoms with Crippen LogP contribution in [0.3, 0.4) is 0 Å². The summed E-state index contributed by atoms with van der Waals surface area (Å²) < 4.78 is 41.0. The highest BCUT2D eigenvalue weighted by molar-refractivity contribution is 7.91. The molecule has 0 aliphatic heterocycles. The highest BCUT2D eigenvalue weighted by atomic mass is 35.5. The van der Waals surface area contributed by atoms with Crippen molar-refractivity contribution in [3.05, 3.63) is 88.3 Å². The van der Waals surface area contributed by atoms with Crippen LogP contribution in [0.5, 0.6) is 0 Å². The number of pyridine rings is 1. The SMILES string of the molecule is Cc1ccc(S(=O)(=O)c2cnc3ccc(F)cc3c2-c2cccc(Cl)c2)cc1Cl. The zero-order valence-electron chi connectivity index (χ0n) is 15.2. The number of aryl methyl sites for hydroxylation is 1. The van der Waals surface area contributed by atoms with Gasteiger partial charge in [-0.3, -0.25) is 4.98 Å². The van der Waals surface area contributed by atoms with Crippen molar-refractivity contribution < 1.29 is 12.8 Å². The minimum atomic E-state index is -3.99. The van der Waals surface area contributed by atoms with E-state index in [0.29, 0.717) is 32.1 Å². The molecule has 1 aromatic heterocycles. The Hall–Kier alpha value is -2.47. The molecule has 0 N–H and O–H groups in total. The van der Waals surface area contributed by atoms with Crippen molar-refractivity contribution >= 4 is 43.9 Å². The third kappa shape index (κ3) is 3.62. The van der Waals surface area contributed by atoms with Gasteiger partial charge in [0.05, 0.1) is 15.3 Å². The van der Waals surface area contributed by atoms with Gasteiger partial charge in [0.2, 0.25) is 9.84 Å². The van der Waals surface area contributed by atoms with Gasteiger partial charge in [0, 0.05) is 27.2 Å². The van der Waals surface area contributed by atoms with Crippen LogP contribution in [0.4, 0.5) is 4.39 Å². The molecule has 3 nitrogen and oxygen atoms in total. The van der Waals surface area contributed by atoms with E-state index in [0.717, 1.165) is 5.56 Å². The molecule has 0 bridgehead atoms. The average Bonchev–Trinajstić information content (AvgIpc) is 2.69. The van der Waals surface area contributed by atoms with E-state index < -0.39 is 15.7 Å². The molecule has 1 heterocycles. The first-order valence-electron chi connectivity index (χ1n) is 8.63. The second-order valence-corrected chi connectivity index (χ2v) is 9.35. The molecule has 0 fully saturated rings. The number of benzene rings is 3. The number of hydrogen-bond acceptors (Lipinski definition) is 3. The lowest BCUT2D eigenvalue weighted by Gasteiger charge is -2.14. The third-order valence-corrected chi connectivity index (χ3v) is 7.06. The maximum absolute atomic E-state index is 14.0. The van der Waals surface area contributed by atoms with Crippen LogP contribution in [0.15, 0.2) is 76.7 Å². The Bertz CT molecular complexity index is 1370. The molecule has 4 aromatic rings. The highest BCUT2D eigenvalue weighted by Gasteiger charge is 2.25. The normalized spacial score (nSPS) is 11.7. The van der Waals surface area contributed by atoms with Gasteiger partial charge in [-0.15, -0.1) is 0 Å². The van der Waals surface area contributed by atoms with E-state index in [-0.39, 0.29) is 9.79 Å². The molecule has 0 saturated carbocycles. The summed E-state index contributed by atoms with van der Waals surface area (Å²) in [5, 5.41) is 1.16. The number of sulfone groups is 1. The number of nitrogens with zero attached hydrogens (tertiary/aromatic N) is 1. The first-order chi connectivity index (χ1) is 13.8. The van der Waals surface area contributed by atoms with Crippen LogP contribution in [-0.4, -0.2) is 13.4 Å². The quantitative estimate of drug-likeness (QED) is 0.362. The number of hydrogen-bond donors (Lipinski definition) is 0. The molecule has 0 amide bonds. The molecule has 29 heavy (non-hydrogen) atoms. The topological polar surface area (TPSA) is 47.0 Å². The second kappa shape index (κ2) is 7.41. The molecule has 7 heteroatoms. The van der Waals surface area contributed by atoms with Crippen molar-refractivity contribution in [1.82, 2.24) is 4.98 Å². The zero-order valence-corrected chi connectivity index (χ0v) is 17.5. The Kier molecular flexibility index (Phi) is 5.07. The molecule has 0 aliphatic carbocycles. The molecule has 0 saturated heterocycles. The van der Waals surface area contributed by atoms with Gasteiger partial charge in [0.15, 0.2) is 0 Å². The van der Waals surface area contributed by atoms with Crippen molar-refractivity contribution in [3.63, 3.8) is 0 Å². The Morgan fingerprint density at radius 1 is 0.966 bits per heavy atom. The van der Waals surface area contributed by atoms with Gasteiger partial charge in [0.1, 0.15) is 5.82 Å². The molecule has 0 atom stereocenters. The van der Waals surface area contributed by atoms with Gasteiger partial charge in [-0.25, -0.2) is 12.8 Å². The van der Waals surface area contributed by atoms with E-state index in [1.165, 1.54) is 36.5 Å². The lowest BCUT2D eigenvalue weighted by molar-refractivity contribution is 0.596. The maximum Gasteiger partial charge on any atom is 0.208 e. The lowest BCUT2D eigenvalue weighted by Crippen LogP contribution is -2.06. The summed E-state index contributed by atoms with van der Waals surface area (Å²) in [6.45, 7) is 1.79. The molecular formula is C22H14Cl2FNO2S. The Labute approximate surface area is 177 Å². The average molecular weight is 446 g/mol. The summed E-state index contributed by atoms with van der Waals surface area (Å²) in [5.74, 6) is -0.490. The van der Waals surface area contributed by atoms with Crippen LogP contribution in [-0.2, 0) is 9.84 Å². The smallest absolute Gasteiger partial charge is 0.208 e. The first kappa shape index (κ1) is 19.8. The molecule has 4 rings (SSSR count). The Balaban J connectivity index is 2.09. The van der Waals surface area contributed by atoms with Crippen molar-refractivity contribution in [2.75, 3.05) is 0 Å². The number of halogens is 3. The van der Waals surface area contributed by atoms with Crippen LogP contribution in [0.25, 0.3) is 22.0 Å². The minimum Gasteiger partial charge on any atom is -0.255 e. The lowest BCUT2D eigenvalue weighted by atomic mass is 10.0. The van der Waals surface area contributed by atoms with E-state index >= 15 is 0 Å². The van der Waals surface area contributed by atoms with E-state index in [2.05, 4.69) is 4.98 Å². The Morgan fingerprint density at radius 3 is 2.48 bits per heavy atom. The fourth-order valence-corrected chi connectivity index (χ4v) is 5.06. The van der Waals surface area contributed by atoms with Crippen molar-refractivity contribution in [3.8, 4) is 11.1 Å². The predicted octanol–water partition coefficient (Wildman–Crippen LogP) is 6.49. The molecule has 0 radical (unpaired) electrons. The number of fused-ring (bicyclic) bond motifs is 1. The van der Waals surface area contributed by atoms with E-state index in [9.17, 15) is 12.8 Å². The molecule has 146 valence electrons. The van der Waals surface area contributed by atoms with Gasteiger partial charge in [-0.1, -0.05) is 41.4 Å². The van der Waals surface area contributed by atoms with E-state index in [1.54, 1.807) is 37.3 Å². The number of rotatable bonds is 3. The Morgan fingerprint density at radius 2 is 1.76 bits per heavy atom. The molecule has 0 unspecified atom stereocenters. The van der Waals surface area contributed by atoms with Crippen molar-refractivity contribution in [2.24, 2.45) is 0 Å². The highest BCUT2D eigenvalue weighted by Crippen LogP contribution is 2.38. The fourth-order valence-electron chi connectivity index (χ4n) is 3.16. The largest absolute Gasteiger partial charge is 0.255 e. The van der Waals surface area contributed by atoms with Crippen LogP contribution >= 0.6 is 23.2 Å². The monoisotopic (exact) mass is 445 g/mol. The molecule has 0 spiro atoms. The summed E-state index contributed by atoms with van der Waals surface area (Å²) >= 11 is 12.3. The third-order valence-electron chi connectivity index (χ3n) is 4.65. The number of aromatic nitrogens is 1. The van der Waals surface area contributed by atoms with Crippen LogP contribution in [0.1, 0.15) is 5.56 Å². The maximum atomic E-state index is 14.0. The summed E-state index contributed by atoms with van der Waals surface area (Å²) in [7, 11) is -3.99. The van der Waals surface area contributed by atoms with Crippen molar-refractivity contribution in [2.45, 2.75) is 16.7 Å². The van der Waals surface area contributed by atoms with Gasteiger partial charge in [-0.05, 0) is 60.5 Å². The van der Waals surface area contributed by atoms with E-state index in [1.807, 2.05) is 0 Å². The first-order valence-corrected chi connectivity index (χ1v) is 10.9. The summed E-state index contributed by atoms with van der Waals surface area (Å²) in [6.07, 6.45) is 1.29. The van der Waals surface area contributed by atoms with Crippen LogP contribution < -0.4 is 0 Å². The summed E-state index contributed by atoms with van der Waals surface area (Å²) in [4.78, 5) is 4.24. The van der Waals surface area contributed by atoms with E-state index in [4.69, 9.17) is 23.2 Å². The summed E-state index contributed by atoms with van der Waals surface area (Å²) in [5.41, 5.74) is 2.13. The van der Waals surface area contributed by atoms with Gasteiger partial charge in [0.25, 0.3) is 0 Å². The second-order valence-electron chi connectivity index (χ2n) is 6.58. The summed E-state index contributed by atoms with van der Waals surface area (Å²) in [6, 6.07) is 15.4. The van der Waals surface area contributed by atoms with Gasteiger partial charge >= 0.3 is 0 Å². The van der Waals surface area contributed by atoms with Gasteiger partial charge < -0.3 is 0 Å². The minimum absolute atomic E-state index is 0.0360. The van der Waals surface area contributed by atoms with Crippen molar-refractivity contribution in [1.29, 1.82) is 0 Å². The van der Waals surface area contributed by atoms with Gasteiger partial charge in [-0.2, -0.15) is 0 Å². The fraction of sp³-hybridized carbons (Fsp3) is 0.0455.